The predicted molar refractivity (Wildman–Crippen MR) is 237 cm³/mol. The van der Waals surface area contributed by atoms with Gasteiger partial charge in [-0.2, -0.15) is 0 Å². The molecular formula is C50H82O6. The van der Waals surface area contributed by atoms with Gasteiger partial charge in [0.1, 0.15) is 13.2 Å². The lowest BCUT2D eigenvalue weighted by molar-refractivity contribution is -0.167. The number of unbranched alkanes of at least 4 members (excludes halogenated alkanes) is 18. The fraction of sp³-hybridized carbons (Fsp3) is 0.660. The Kier molecular flexibility index (Phi) is 41.6. The van der Waals surface area contributed by atoms with Crippen molar-refractivity contribution in [3.05, 3.63) is 85.1 Å². The molecule has 0 aromatic rings. The minimum absolute atomic E-state index is 0.115. The first-order valence-corrected chi connectivity index (χ1v) is 22.7. The first-order chi connectivity index (χ1) is 27.5. The standard InChI is InChI=1S/C50H82O6/c1-4-7-10-13-16-19-21-23-24-25-27-28-31-34-37-40-43-49(52)55-46-47(45-54-48(51)42-39-36-33-30-18-15-12-9-6-3)56-50(53)44-41-38-35-32-29-26-22-20-17-14-11-8-5-2/h8-9,11-12,14,17-18,20,22,26,29-30,32,35,47H,4-7,10,13,15-16,19,21,23-25,27-28,31,33-34,36-46H2,1-3H3/b11-8-,12-9-,17-14-,22-20-,29-26-,30-18-,35-32-. The van der Waals surface area contributed by atoms with Gasteiger partial charge < -0.3 is 14.2 Å². The van der Waals surface area contributed by atoms with E-state index in [0.717, 1.165) is 64.2 Å². The smallest absolute Gasteiger partial charge is 0.306 e. The molecule has 6 heteroatoms. The van der Waals surface area contributed by atoms with Crippen LogP contribution in [0.4, 0.5) is 0 Å². The van der Waals surface area contributed by atoms with Gasteiger partial charge in [-0.15, -0.1) is 0 Å². The van der Waals surface area contributed by atoms with Crippen molar-refractivity contribution in [1.29, 1.82) is 0 Å². The number of allylic oxidation sites excluding steroid dienone is 14. The van der Waals surface area contributed by atoms with Gasteiger partial charge in [0.15, 0.2) is 6.10 Å². The van der Waals surface area contributed by atoms with E-state index < -0.39 is 12.1 Å². The SMILES string of the molecule is CC\C=C/C=C\C=C/C=C\C=C/CCCC(=O)OC(COC(=O)CCCC/C=C\C/C=C\CC)COC(=O)CCCCCCCCCCCCCCCCCC. The van der Waals surface area contributed by atoms with E-state index in [1.54, 1.807) is 0 Å². The number of hydrogen-bond acceptors (Lipinski definition) is 6. The molecule has 0 amide bonds. The van der Waals surface area contributed by atoms with Crippen molar-refractivity contribution in [2.45, 2.75) is 200 Å². The number of ether oxygens (including phenoxy) is 3. The number of rotatable bonds is 39. The zero-order valence-corrected chi connectivity index (χ0v) is 36.1. The summed E-state index contributed by atoms with van der Waals surface area (Å²) in [4.78, 5) is 37.6. The normalized spacial score (nSPS) is 12.8. The highest BCUT2D eigenvalue weighted by molar-refractivity contribution is 5.71. The Morgan fingerprint density at radius 2 is 0.804 bits per heavy atom. The molecule has 0 aliphatic rings. The van der Waals surface area contributed by atoms with Gasteiger partial charge in [0.2, 0.25) is 0 Å². The van der Waals surface area contributed by atoms with Gasteiger partial charge in [0.05, 0.1) is 0 Å². The van der Waals surface area contributed by atoms with Crippen molar-refractivity contribution in [3.63, 3.8) is 0 Å². The van der Waals surface area contributed by atoms with Crippen LogP contribution < -0.4 is 0 Å². The molecule has 0 spiro atoms. The molecule has 0 aliphatic heterocycles. The Bertz CT molecular complexity index is 1120. The number of esters is 3. The Morgan fingerprint density at radius 1 is 0.393 bits per heavy atom. The molecule has 1 unspecified atom stereocenters. The third kappa shape index (κ3) is 41.7. The Hall–Kier alpha value is -3.41. The highest BCUT2D eigenvalue weighted by Crippen LogP contribution is 2.15. The molecule has 0 heterocycles. The summed E-state index contributed by atoms with van der Waals surface area (Å²) in [6.07, 6.45) is 55.9. The quantitative estimate of drug-likeness (QED) is 0.0203. The molecule has 0 saturated carbocycles. The van der Waals surface area contributed by atoms with Crippen LogP contribution >= 0.6 is 0 Å². The van der Waals surface area contributed by atoms with Crippen LogP contribution in [0.2, 0.25) is 0 Å². The predicted octanol–water partition coefficient (Wildman–Crippen LogP) is 14.5. The van der Waals surface area contributed by atoms with Crippen LogP contribution in [0.25, 0.3) is 0 Å². The maximum atomic E-state index is 12.7. The average Bonchev–Trinajstić information content (AvgIpc) is 3.19. The number of carbonyl (C=O) groups is 3. The number of hydrogen-bond donors (Lipinski definition) is 0. The minimum atomic E-state index is -0.822. The van der Waals surface area contributed by atoms with Crippen molar-refractivity contribution in [1.82, 2.24) is 0 Å². The molecule has 0 aliphatic carbocycles. The van der Waals surface area contributed by atoms with Gasteiger partial charge in [-0.3, -0.25) is 14.4 Å². The van der Waals surface area contributed by atoms with Crippen LogP contribution in [0.15, 0.2) is 85.1 Å². The first kappa shape index (κ1) is 52.6. The van der Waals surface area contributed by atoms with Gasteiger partial charge in [-0.25, -0.2) is 0 Å². The maximum Gasteiger partial charge on any atom is 0.306 e. The van der Waals surface area contributed by atoms with Crippen LogP contribution in [-0.4, -0.2) is 37.2 Å². The topological polar surface area (TPSA) is 78.9 Å². The molecule has 0 aromatic heterocycles. The fourth-order valence-corrected chi connectivity index (χ4v) is 5.92. The second kappa shape index (κ2) is 44.3. The summed E-state index contributed by atoms with van der Waals surface area (Å²) < 4.78 is 16.6. The molecule has 0 radical (unpaired) electrons. The third-order valence-electron chi connectivity index (χ3n) is 9.27. The lowest BCUT2D eigenvalue weighted by atomic mass is 10.0. The monoisotopic (exact) mass is 779 g/mol. The van der Waals surface area contributed by atoms with Crippen LogP contribution in [0.3, 0.4) is 0 Å². The van der Waals surface area contributed by atoms with Crippen molar-refractivity contribution < 1.29 is 28.6 Å². The van der Waals surface area contributed by atoms with E-state index in [0.29, 0.717) is 19.3 Å². The van der Waals surface area contributed by atoms with Gasteiger partial charge in [-0.1, -0.05) is 202 Å². The van der Waals surface area contributed by atoms with Gasteiger partial charge in [0.25, 0.3) is 0 Å². The molecule has 0 N–H and O–H groups in total. The van der Waals surface area contributed by atoms with Crippen LogP contribution in [0.5, 0.6) is 0 Å². The fourth-order valence-electron chi connectivity index (χ4n) is 5.92. The zero-order valence-electron chi connectivity index (χ0n) is 36.1. The highest BCUT2D eigenvalue weighted by Gasteiger charge is 2.19. The van der Waals surface area contributed by atoms with Crippen molar-refractivity contribution in [3.8, 4) is 0 Å². The zero-order chi connectivity index (χ0) is 40.8. The van der Waals surface area contributed by atoms with E-state index >= 15 is 0 Å². The molecule has 0 aromatic carbocycles. The molecule has 0 bridgehead atoms. The summed E-state index contributed by atoms with van der Waals surface area (Å²) in [6.45, 7) is 6.26. The summed E-state index contributed by atoms with van der Waals surface area (Å²) in [6, 6.07) is 0. The summed E-state index contributed by atoms with van der Waals surface area (Å²) in [5, 5.41) is 0. The minimum Gasteiger partial charge on any atom is -0.462 e. The van der Waals surface area contributed by atoms with E-state index in [-0.39, 0.29) is 31.6 Å². The molecule has 318 valence electrons. The Labute approximate surface area is 344 Å². The lowest BCUT2D eigenvalue weighted by Crippen LogP contribution is -2.30. The molecule has 1 atom stereocenters. The third-order valence-corrected chi connectivity index (χ3v) is 9.27. The molecule has 0 fully saturated rings. The van der Waals surface area contributed by atoms with E-state index in [2.05, 4.69) is 51.2 Å². The van der Waals surface area contributed by atoms with Gasteiger partial charge in [-0.05, 0) is 57.8 Å². The Morgan fingerprint density at radius 3 is 1.32 bits per heavy atom. The van der Waals surface area contributed by atoms with Crippen LogP contribution in [0, 0.1) is 0 Å². The van der Waals surface area contributed by atoms with Gasteiger partial charge >= 0.3 is 17.9 Å². The van der Waals surface area contributed by atoms with Crippen molar-refractivity contribution in [2.75, 3.05) is 13.2 Å². The second-order valence-electron chi connectivity index (χ2n) is 14.7. The molecule has 0 rings (SSSR count). The van der Waals surface area contributed by atoms with E-state index in [9.17, 15) is 14.4 Å². The highest BCUT2D eigenvalue weighted by atomic mass is 16.6. The molecule has 6 nitrogen and oxygen atoms in total. The van der Waals surface area contributed by atoms with E-state index in [1.165, 1.54) is 83.5 Å². The summed E-state index contributed by atoms with van der Waals surface area (Å²) in [7, 11) is 0. The Balaban J connectivity index is 4.46. The first-order valence-electron chi connectivity index (χ1n) is 22.7. The van der Waals surface area contributed by atoms with Crippen molar-refractivity contribution >= 4 is 17.9 Å². The maximum absolute atomic E-state index is 12.7. The van der Waals surface area contributed by atoms with E-state index in [4.69, 9.17) is 14.2 Å². The summed E-state index contributed by atoms with van der Waals surface area (Å²) in [5.41, 5.74) is 0. The lowest BCUT2D eigenvalue weighted by Gasteiger charge is -2.18. The number of carbonyl (C=O) groups excluding carboxylic acids is 3. The molecular weight excluding hydrogens is 697 g/mol. The second-order valence-corrected chi connectivity index (χ2v) is 14.7. The van der Waals surface area contributed by atoms with E-state index in [1.807, 2.05) is 54.7 Å². The van der Waals surface area contributed by atoms with Crippen LogP contribution in [-0.2, 0) is 28.6 Å². The average molecular weight is 779 g/mol. The van der Waals surface area contributed by atoms with Crippen molar-refractivity contribution in [2.24, 2.45) is 0 Å². The summed E-state index contributed by atoms with van der Waals surface area (Å²) >= 11 is 0. The van der Waals surface area contributed by atoms with Gasteiger partial charge in [0, 0.05) is 19.3 Å². The molecule has 56 heavy (non-hydrogen) atoms. The largest absolute Gasteiger partial charge is 0.462 e. The summed E-state index contributed by atoms with van der Waals surface area (Å²) in [5.74, 6) is -1.03. The molecule has 0 saturated heterocycles. The van der Waals surface area contributed by atoms with Crippen LogP contribution in [0.1, 0.15) is 194 Å².